The van der Waals surface area contributed by atoms with Gasteiger partial charge in [0.05, 0.1) is 18.3 Å². The van der Waals surface area contributed by atoms with E-state index in [2.05, 4.69) is 24.1 Å². The van der Waals surface area contributed by atoms with Crippen LogP contribution in [0.2, 0.25) is 0 Å². The first-order valence-electron chi connectivity index (χ1n) is 8.01. The summed E-state index contributed by atoms with van der Waals surface area (Å²) in [5, 5.41) is 13.0. The number of aliphatic hydroxyl groups is 1. The molecule has 0 amide bonds. The van der Waals surface area contributed by atoms with Gasteiger partial charge in [0.25, 0.3) is 0 Å². The Balaban J connectivity index is 2.30. The van der Waals surface area contributed by atoms with E-state index in [1.54, 1.807) is 6.07 Å². The van der Waals surface area contributed by atoms with Gasteiger partial charge in [0.2, 0.25) is 0 Å². The minimum Gasteiger partial charge on any atom is -0.394 e. The Labute approximate surface area is 127 Å². The highest BCUT2D eigenvalue weighted by Crippen LogP contribution is 2.30. The molecule has 2 N–H and O–H groups in total. The summed E-state index contributed by atoms with van der Waals surface area (Å²) in [6, 6.07) is 5.66. The minimum atomic E-state index is -0.182. The van der Waals surface area contributed by atoms with Gasteiger partial charge < -0.3 is 15.3 Å². The molecule has 1 aliphatic rings. The summed E-state index contributed by atoms with van der Waals surface area (Å²) in [6.45, 7) is 5.73. The SMILES string of the molecule is CC(C)NCc1cccc(F)c1N1CCCCCC1CO. The van der Waals surface area contributed by atoms with Crippen molar-refractivity contribution in [1.82, 2.24) is 5.32 Å². The highest BCUT2D eigenvalue weighted by Gasteiger charge is 2.25. The summed E-state index contributed by atoms with van der Waals surface area (Å²) >= 11 is 0. The molecule has 1 saturated heterocycles. The Morgan fingerprint density at radius 1 is 1.33 bits per heavy atom. The fraction of sp³-hybridized carbons (Fsp3) is 0.647. The van der Waals surface area contributed by atoms with Crippen molar-refractivity contribution in [3.63, 3.8) is 0 Å². The average Bonchev–Trinajstić information content (AvgIpc) is 2.70. The van der Waals surface area contributed by atoms with Crippen LogP contribution in [-0.2, 0) is 6.54 Å². The number of hydrogen-bond donors (Lipinski definition) is 2. The highest BCUT2D eigenvalue weighted by molar-refractivity contribution is 5.56. The summed E-state index contributed by atoms with van der Waals surface area (Å²) in [4.78, 5) is 2.08. The maximum atomic E-state index is 14.5. The Kier molecular flexibility index (Phi) is 6.00. The summed E-state index contributed by atoms with van der Waals surface area (Å²) in [5.74, 6) is -0.182. The molecule has 0 radical (unpaired) electrons. The second-order valence-corrected chi connectivity index (χ2v) is 6.16. The molecular weight excluding hydrogens is 267 g/mol. The molecule has 1 aromatic carbocycles. The van der Waals surface area contributed by atoms with Gasteiger partial charge in [-0.15, -0.1) is 0 Å². The van der Waals surface area contributed by atoms with Crippen LogP contribution in [0.4, 0.5) is 10.1 Å². The van der Waals surface area contributed by atoms with Gasteiger partial charge in [-0.1, -0.05) is 38.8 Å². The van der Waals surface area contributed by atoms with E-state index in [0.29, 0.717) is 18.3 Å². The van der Waals surface area contributed by atoms with Crippen LogP contribution in [-0.4, -0.2) is 30.3 Å². The van der Waals surface area contributed by atoms with E-state index in [9.17, 15) is 9.50 Å². The zero-order chi connectivity index (χ0) is 15.2. The van der Waals surface area contributed by atoms with Gasteiger partial charge in [0, 0.05) is 19.1 Å². The van der Waals surface area contributed by atoms with Gasteiger partial charge in [-0.25, -0.2) is 4.39 Å². The average molecular weight is 294 g/mol. The Morgan fingerprint density at radius 2 is 2.14 bits per heavy atom. The molecule has 118 valence electrons. The van der Waals surface area contributed by atoms with Crippen molar-refractivity contribution in [3.05, 3.63) is 29.6 Å². The van der Waals surface area contributed by atoms with Crippen LogP contribution >= 0.6 is 0 Å². The molecule has 3 nitrogen and oxygen atoms in total. The van der Waals surface area contributed by atoms with Crippen LogP contribution in [0, 0.1) is 5.82 Å². The monoisotopic (exact) mass is 294 g/mol. The van der Waals surface area contributed by atoms with Crippen molar-refractivity contribution in [1.29, 1.82) is 0 Å². The van der Waals surface area contributed by atoms with Crippen LogP contribution in [0.3, 0.4) is 0 Å². The molecule has 1 aromatic rings. The number of hydrogen-bond acceptors (Lipinski definition) is 3. The summed E-state index contributed by atoms with van der Waals surface area (Å²) in [6.07, 6.45) is 4.25. The van der Waals surface area contributed by atoms with Crippen LogP contribution in [0.5, 0.6) is 0 Å². The number of rotatable bonds is 5. The summed E-state index contributed by atoms with van der Waals surface area (Å²) in [7, 11) is 0. The molecule has 0 saturated carbocycles. The van der Waals surface area contributed by atoms with Crippen LogP contribution in [0.25, 0.3) is 0 Å². The minimum absolute atomic E-state index is 0.0298. The lowest BCUT2D eigenvalue weighted by atomic mass is 10.1. The maximum absolute atomic E-state index is 14.5. The normalized spacial score (nSPS) is 19.9. The van der Waals surface area contributed by atoms with Crippen LogP contribution in [0.15, 0.2) is 18.2 Å². The standard InChI is InChI=1S/C17H27FN2O/c1-13(2)19-11-14-7-6-9-16(18)17(14)20-10-5-3-4-8-15(20)12-21/h6-7,9,13,15,19,21H,3-5,8,10-12H2,1-2H3. The molecule has 2 rings (SSSR count). The molecule has 21 heavy (non-hydrogen) atoms. The fourth-order valence-electron chi connectivity index (χ4n) is 3.00. The molecule has 1 heterocycles. The van der Waals surface area contributed by atoms with Gasteiger partial charge >= 0.3 is 0 Å². The number of nitrogens with zero attached hydrogens (tertiary/aromatic N) is 1. The lowest BCUT2D eigenvalue weighted by Crippen LogP contribution is -2.39. The molecule has 0 bridgehead atoms. The van der Waals surface area contributed by atoms with Gasteiger partial charge in [0.1, 0.15) is 5.82 Å². The van der Waals surface area contributed by atoms with Gasteiger partial charge in [-0.05, 0) is 24.5 Å². The summed E-state index contributed by atoms with van der Waals surface area (Å²) in [5.41, 5.74) is 1.65. The van der Waals surface area contributed by atoms with Crippen molar-refractivity contribution >= 4 is 5.69 Å². The first kappa shape index (κ1) is 16.2. The first-order chi connectivity index (χ1) is 10.1. The van der Waals surface area contributed by atoms with Crippen molar-refractivity contribution in [2.45, 2.75) is 58.2 Å². The Bertz CT molecular complexity index is 450. The highest BCUT2D eigenvalue weighted by atomic mass is 19.1. The third-order valence-electron chi connectivity index (χ3n) is 4.15. The fourth-order valence-corrected chi connectivity index (χ4v) is 3.00. The Morgan fingerprint density at radius 3 is 2.86 bits per heavy atom. The molecule has 1 aliphatic heterocycles. The third kappa shape index (κ3) is 4.17. The van der Waals surface area contributed by atoms with Crippen molar-refractivity contribution < 1.29 is 9.50 Å². The molecule has 0 aliphatic carbocycles. The number of aliphatic hydroxyl groups excluding tert-OH is 1. The lowest BCUT2D eigenvalue weighted by Gasteiger charge is -2.33. The molecular formula is C17H27FN2O. The maximum Gasteiger partial charge on any atom is 0.146 e. The number of benzene rings is 1. The van der Waals surface area contributed by atoms with E-state index >= 15 is 0 Å². The van der Waals surface area contributed by atoms with E-state index in [0.717, 1.165) is 37.8 Å². The van der Waals surface area contributed by atoms with E-state index in [1.165, 1.54) is 6.07 Å². The predicted molar refractivity (Wildman–Crippen MR) is 85.1 cm³/mol. The van der Waals surface area contributed by atoms with Gasteiger partial charge in [-0.2, -0.15) is 0 Å². The molecule has 1 unspecified atom stereocenters. The van der Waals surface area contributed by atoms with Gasteiger partial charge in [0.15, 0.2) is 0 Å². The smallest absolute Gasteiger partial charge is 0.146 e. The number of nitrogens with one attached hydrogen (secondary N) is 1. The number of anilines is 1. The van der Waals surface area contributed by atoms with Crippen LogP contribution < -0.4 is 10.2 Å². The van der Waals surface area contributed by atoms with Crippen molar-refractivity contribution in [2.24, 2.45) is 0 Å². The van der Waals surface area contributed by atoms with E-state index in [1.807, 2.05) is 6.07 Å². The molecule has 0 aromatic heterocycles. The van der Waals surface area contributed by atoms with Crippen molar-refractivity contribution in [2.75, 3.05) is 18.1 Å². The van der Waals surface area contributed by atoms with Crippen LogP contribution in [0.1, 0.15) is 45.1 Å². The third-order valence-corrected chi connectivity index (χ3v) is 4.15. The van der Waals surface area contributed by atoms with Crippen molar-refractivity contribution in [3.8, 4) is 0 Å². The topological polar surface area (TPSA) is 35.5 Å². The molecule has 0 spiro atoms. The Hall–Kier alpha value is -1.13. The lowest BCUT2D eigenvalue weighted by molar-refractivity contribution is 0.254. The number of para-hydroxylation sites is 1. The largest absolute Gasteiger partial charge is 0.394 e. The zero-order valence-electron chi connectivity index (χ0n) is 13.1. The van der Waals surface area contributed by atoms with E-state index in [4.69, 9.17) is 0 Å². The number of halogens is 1. The van der Waals surface area contributed by atoms with E-state index < -0.39 is 0 Å². The second kappa shape index (κ2) is 7.76. The summed E-state index contributed by atoms with van der Waals surface area (Å²) < 4.78 is 14.5. The molecule has 4 heteroatoms. The molecule has 1 atom stereocenters. The quantitative estimate of drug-likeness (QED) is 0.876. The first-order valence-corrected chi connectivity index (χ1v) is 8.01. The van der Waals surface area contributed by atoms with Gasteiger partial charge in [-0.3, -0.25) is 0 Å². The zero-order valence-corrected chi connectivity index (χ0v) is 13.1. The predicted octanol–water partition coefficient (Wildman–Crippen LogP) is 3.07. The second-order valence-electron chi connectivity index (χ2n) is 6.16. The molecule has 1 fully saturated rings. The van der Waals surface area contributed by atoms with E-state index in [-0.39, 0.29) is 18.5 Å².